The van der Waals surface area contributed by atoms with E-state index in [2.05, 4.69) is 114 Å². The van der Waals surface area contributed by atoms with Crippen LogP contribution < -0.4 is 5.30 Å². The number of hydrogen-bond donors (Lipinski definition) is 0. The van der Waals surface area contributed by atoms with Gasteiger partial charge in [-0.25, -0.2) is 0 Å². The molecule has 0 aromatic heterocycles. The van der Waals surface area contributed by atoms with Crippen molar-refractivity contribution in [2.75, 3.05) is 0 Å². The van der Waals surface area contributed by atoms with E-state index in [1.54, 1.807) is 16.4 Å². The Morgan fingerprint density at radius 1 is 0.677 bits per heavy atom. The normalized spacial score (nSPS) is 20.5. The maximum atomic E-state index is 7.38. The van der Waals surface area contributed by atoms with Crippen LogP contribution in [-0.2, 0) is 16.2 Å². The van der Waals surface area contributed by atoms with Crippen LogP contribution in [-0.4, -0.2) is 39.4 Å². The first-order valence-electron chi connectivity index (χ1n) is 11.6. The fourth-order valence-corrected chi connectivity index (χ4v) is 31.8. The molecular weight excluding hydrogens is 442 g/mol. The summed E-state index contributed by atoms with van der Waals surface area (Å²) < 4.78 is 0.357. The average Bonchev–Trinajstić information content (AvgIpc) is 3.09. The smallest absolute Gasteiger partial charge is 0.0659 e. The van der Waals surface area contributed by atoms with E-state index >= 15 is 0 Å². The summed E-state index contributed by atoms with van der Waals surface area (Å²) in [6.07, 6.45) is 0. The summed E-state index contributed by atoms with van der Waals surface area (Å²) in [5, 5.41) is 3.05. The van der Waals surface area contributed by atoms with Crippen LogP contribution in [0.1, 0.15) is 79.0 Å². The van der Waals surface area contributed by atoms with Gasteiger partial charge in [0.2, 0.25) is 5.12 Å². The van der Waals surface area contributed by atoms with Crippen molar-refractivity contribution in [3.8, 4) is 0 Å². The van der Waals surface area contributed by atoms with Crippen LogP contribution in [0, 0.1) is 5.12 Å². The third-order valence-corrected chi connectivity index (χ3v) is 26.9. The molecule has 1 aromatic rings. The summed E-state index contributed by atoms with van der Waals surface area (Å²) >= 11 is 7.38. The second-order valence-electron chi connectivity index (χ2n) is 14.6. The standard InChI is InChI=1S/C26H48ClPSi2.Li/c1-23(2,3)18-16-19(24(4,5)6)21(20(17-18)25(7,8)9)28-22(27)26(28,29(10,11)12)30(13,14)15;/h16-17,28H,1-15H3;/q+1;. The Labute approximate surface area is 215 Å². The van der Waals surface area contributed by atoms with Gasteiger partial charge >= 0.3 is 0 Å². The zero-order chi connectivity index (χ0) is 23.9. The van der Waals surface area contributed by atoms with Crippen molar-refractivity contribution in [3.63, 3.8) is 0 Å². The number of benzene rings is 1. The molecule has 1 aliphatic rings. The molecule has 1 atom stereocenters. The van der Waals surface area contributed by atoms with Crippen molar-refractivity contribution >= 4 is 59.8 Å². The Morgan fingerprint density at radius 3 is 1.19 bits per heavy atom. The van der Waals surface area contributed by atoms with Crippen LogP contribution in [0.15, 0.2) is 12.1 Å². The van der Waals surface area contributed by atoms with Gasteiger partial charge in [0, 0.05) is 30.0 Å². The predicted molar refractivity (Wildman–Crippen MR) is 155 cm³/mol. The van der Waals surface area contributed by atoms with Gasteiger partial charge in [-0.3, -0.25) is 0 Å². The zero-order valence-corrected chi connectivity index (χ0v) is 27.3. The van der Waals surface area contributed by atoms with Crippen LogP contribution in [0.25, 0.3) is 0 Å². The molecule has 2 rings (SSSR count). The molecule has 1 fully saturated rings. The Morgan fingerprint density at radius 2 is 1.00 bits per heavy atom. The maximum Gasteiger partial charge on any atom is 0.242 e. The Hall–Kier alpha value is 0.971. The fourth-order valence-electron chi connectivity index (χ4n) is 5.61. The summed E-state index contributed by atoms with van der Waals surface area (Å²) in [7, 11) is -3.92. The van der Waals surface area contributed by atoms with Gasteiger partial charge in [0.15, 0.2) is 0 Å². The molecule has 5 heteroatoms. The van der Waals surface area contributed by atoms with Crippen molar-refractivity contribution in [3.05, 3.63) is 33.9 Å². The first-order valence-corrected chi connectivity index (χ1v) is 20.5. The summed E-state index contributed by atoms with van der Waals surface area (Å²) in [5.41, 5.74) is 4.95. The van der Waals surface area contributed by atoms with E-state index in [4.69, 9.17) is 11.6 Å². The van der Waals surface area contributed by atoms with E-state index in [9.17, 15) is 0 Å². The molecule has 0 spiro atoms. The van der Waals surface area contributed by atoms with Crippen LogP contribution in [0.5, 0.6) is 0 Å². The minimum atomic E-state index is -1.49. The van der Waals surface area contributed by atoms with Gasteiger partial charge in [-0.1, -0.05) is 125 Å². The largest absolute Gasteiger partial charge is 0.242 e. The van der Waals surface area contributed by atoms with Crippen LogP contribution in [0.4, 0.5) is 0 Å². The molecule has 1 heterocycles. The van der Waals surface area contributed by atoms with Gasteiger partial charge in [0.05, 0.1) is 24.1 Å². The molecule has 1 aliphatic heterocycles. The molecule has 0 bridgehead atoms. The van der Waals surface area contributed by atoms with E-state index in [1.165, 1.54) is 10.7 Å². The first-order chi connectivity index (χ1) is 13.0. The van der Waals surface area contributed by atoms with Crippen molar-refractivity contribution in [1.29, 1.82) is 0 Å². The molecule has 2 radical (unpaired) electrons. The molecule has 1 unspecified atom stereocenters. The summed E-state index contributed by atoms with van der Waals surface area (Å²) in [6, 6.07) is 5.09. The predicted octanol–water partition coefficient (Wildman–Crippen LogP) is 8.27. The van der Waals surface area contributed by atoms with Crippen LogP contribution in [0.2, 0.25) is 39.3 Å². The average molecular weight is 490 g/mol. The second-order valence-corrected chi connectivity index (χ2v) is 29.8. The second kappa shape index (κ2) is 8.57. The Kier molecular flexibility index (Phi) is 8.30. The van der Waals surface area contributed by atoms with Gasteiger partial charge in [-0.15, -0.1) is 0 Å². The van der Waals surface area contributed by atoms with Crippen molar-refractivity contribution in [2.24, 2.45) is 0 Å². The Balaban J connectivity index is 0.00000480. The molecule has 0 aliphatic carbocycles. The van der Waals surface area contributed by atoms with Gasteiger partial charge in [0.25, 0.3) is 0 Å². The number of hydrogen-bond acceptors (Lipinski definition) is 0. The van der Waals surface area contributed by atoms with Gasteiger partial charge < -0.3 is 0 Å². The molecule has 0 amide bonds. The summed E-state index contributed by atoms with van der Waals surface area (Å²) in [6.45, 7) is 36.9. The molecule has 0 saturated carbocycles. The van der Waals surface area contributed by atoms with Crippen LogP contribution >= 0.6 is 19.5 Å². The van der Waals surface area contributed by atoms with Crippen LogP contribution in [0.3, 0.4) is 0 Å². The van der Waals surface area contributed by atoms with Crippen molar-refractivity contribution in [2.45, 2.75) is 122 Å². The monoisotopic (exact) mass is 489 g/mol. The van der Waals surface area contributed by atoms with E-state index in [0.29, 0.717) is 4.40 Å². The van der Waals surface area contributed by atoms with Crippen molar-refractivity contribution in [1.82, 2.24) is 0 Å². The fraction of sp³-hybridized carbons (Fsp3) is 0.731. The minimum absolute atomic E-state index is 0. The van der Waals surface area contributed by atoms with Gasteiger partial charge in [0.1, 0.15) is 9.71 Å². The van der Waals surface area contributed by atoms with E-state index in [1.807, 2.05) is 0 Å². The van der Waals surface area contributed by atoms with Crippen molar-refractivity contribution < 1.29 is 0 Å². The summed E-state index contributed by atoms with van der Waals surface area (Å²) in [5.74, 6) is 0. The molecule has 0 N–H and O–H groups in total. The summed E-state index contributed by atoms with van der Waals surface area (Å²) in [4.78, 5) is 0. The SMILES string of the molecule is CC(C)(C)c1cc(C(C)(C)C)c([PH+]2[C](Cl)C2([Si](C)(C)C)[Si](C)(C)C)c(C(C)(C)C)c1.[Li]. The zero-order valence-electron chi connectivity index (χ0n) is 23.5. The third kappa shape index (κ3) is 5.16. The van der Waals surface area contributed by atoms with Gasteiger partial charge in [-0.2, -0.15) is 0 Å². The molecule has 31 heavy (non-hydrogen) atoms. The third-order valence-electron chi connectivity index (χ3n) is 6.98. The Bertz CT molecular complexity index is 765. The first kappa shape index (κ1) is 30.0. The maximum absolute atomic E-state index is 7.38. The molecule has 0 nitrogen and oxygen atoms in total. The number of rotatable bonds is 3. The topological polar surface area (TPSA) is 0 Å². The quantitative estimate of drug-likeness (QED) is 0.296. The molecular formula is C26H48ClLiPSi2+. The number of halogens is 1. The molecule has 172 valence electrons. The molecule has 1 saturated heterocycles. The minimum Gasteiger partial charge on any atom is -0.0659 e. The molecule has 1 aromatic carbocycles. The van der Waals surface area contributed by atoms with E-state index < -0.39 is 24.1 Å². The van der Waals surface area contributed by atoms with E-state index in [-0.39, 0.29) is 35.1 Å². The van der Waals surface area contributed by atoms with E-state index in [0.717, 1.165) is 0 Å². The van der Waals surface area contributed by atoms with Gasteiger partial charge in [-0.05, 0) is 21.8 Å².